The van der Waals surface area contributed by atoms with Crippen LogP contribution in [0.15, 0.2) is 41.6 Å². The zero-order valence-corrected chi connectivity index (χ0v) is 14.3. The van der Waals surface area contributed by atoms with Crippen molar-refractivity contribution in [2.45, 2.75) is 11.2 Å². The quantitative estimate of drug-likeness (QED) is 0.767. The first-order valence-electron chi connectivity index (χ1n) is 7.48. The van der Waals surface area contributed by atoms with Gasteiger partial charge in [0, 0.05) is 18.0 Å². The van der Waals surface area contributed by atoms with Crippen LogP contribution < -0.4 is 20.1 Å². The zero-order chi connectivity index (χ0) is 19.4. The van der Waals surface area contributed by atoms with Gasteiger partial charge >= 0.3 is 12.2 Å². The standard InChI is InChI=1S/C16H12F3N3O4S/c17-16(18,19)9-1-4-14(20-6-9)27-7-13(23)22-15(24)21-10-2-3-11-12(5-10)26-8-25-11/h1-6H,7-8H2,(H2,21,22,23,24). The summed E-state index contributed by atoms with van der Waals surface area (Å²) in [5.74, 6) is 0.216. The fourth-order valence-corrected chi connectivity index (χ4v) is 2.71. The number of nitrogens with one attached hydrogen (secondary N) is 2. The molecule has 1 aromatic heterocycles. The van der Waals surface area contributed by atoms with E-state index in [0.29, 0.717) is 23.4 Å². The van der Waals surface area contributed by atoms with Crippen LogP contribution in [-0.2, 0) is 11.0 Å². The number of alkyl halides is 3. The molecule has 0 spiro atoms. The second kappa shape index (κ2) is 7.74. The fraction of sp³-hybridized carbons (Fsp3) is 0.188. The number of amides is 3. The lowest BCUT2D eigenvalue weighted by Gasteiger charge is -2.08. The molecule has 7 nitrogen and oxygen atoms in total. The third-order valence-corrected chi connectivity index (χ3v) is 4.24. The molecule has 0 saturated heterocycles. The van der Waals surface area contributed by atoms with Gasteiger partial charge in [-0.05, 0) is 24.3 Å². The number of benzene rings is 1. The molecule has 11 heteroatoms. The smallest absolute Gasteiger partial charge is 0.417 e. The number of carbonyl (C=O) groups is 2. The van der Waals surface area contributed by atoms with Gasteiger partial charge in [0.2, 0.25) is 12.7 Å². The molecule has 27 heavy (non-hydrogen) atoms. The number of hydrogen-bond donors (Lipinski definition) is 2. The number of anilines is 1. The molecule has 0 unspecified atom stereocenters. The van der Waals surface area contributed by atoms with Gasteiger partial charge in [0.1, 0.15) is 0 Å². The average Bonchev–Trinajstić information content (AvgIpc) is 3.07. The van der Waals surface area contributed by atoms with Crippen LogP contribution in [0.4, 0.5) is 23.7 Å². The van der Waals surface area contributed by atoms with E-state index in [1.165, 1.54) is 0 Å². The molecular formula is C16H12F3N3O4S. The lowest BCUT2D eigenvalue weighted by atomic mass is 10.3. The second-order valence-corrected chi connectivity index (χ2v) is 6.24. The zero-order valence-electron chi connectivity index (χ0n) is 13.5. The van der Waals surface area contributed by atoms with Gasteiger partial charge in [-0.3, -0.25) is 10.1 Å². The minimum atomic E-state index is -4.47. The Hall–Kier alpha value is -2.95. The third kappa shape index (κ3) is 5.03. The summed E-state index contributed by atoms with van der Waals surface area (Å²) in [4.78, 5) is 27.2. The predicted octanol–water partition coefficient (Wildman–Crippen LogP) is 3.27. The summed E-state index contributed by atoms with van der Waals surface area (Å²) >= 11 is 0.905. The van der Waals surface area contributed by atoms with E-state index >= 15 is 0 Å². The Kier molecular flexibility index (Phi) is 5.40. The molecule has 1 aromatic carbocycles. The molecule has 1 aliphatic rings. The normalized spacial score (nSPS) is 12.6. The number of rotatable bonds is 4. The summed E-state index contributed by atoms with van der Waals surface area (Å²) in [6.07, 6.45) is -3.78. The van der Waals surface area contributed by atoms with Gasteiger partial charge in [0.15, 0.2) is 11.5 Å². The maximum absolute atomic E-state index is 12.5. The Morgan fingerprint density at radius 3 is 2.63 bits per heavy atom. The van der Waals surface area contributed by atoms with Crippen molar-refractivity contribution < 1.29 is 32.2 Å². The molecule has 2 heterocycles. The van der Waals surface area contributed by atoms with Crippen molar-refractivity contribution >= 4 is 29.4 Å². The van der Waals surface area contributed by atoms with Gasteiger partial charge in [0.05, 0.1) is 16.3 Å². The molecule has 3 rings (SSSR count). The van der Waals surface area contributed by atoms with Crippen molar-refractivity contribution in [2.75, 3.05) is 17.9 Å². The lowest BCUT2D eigenvalue weighted by molar-refractivity contribution is -0.137. The van der Waals surface area contributed by atoms with Gasteiger partial charge in [-0.15, -0.1) is 0 Å². The largest absolute Gasteiger partial charge is 0.454 e. The van der Waals surface area contributed by atoms with Crippen molar-refractivity contribution in [2.24, 2.45) is 0 Å². The summed E-state index contributed by atoms with van der Waals surface area (Å²) in [6.45, 7) is 0.0959. The summed E-state index contributed by atoms with van der Waals surface area (Å²) in [5, 5.41) is 4.81. The number of fused-ring (bicyclic) bond motifs is 1. The molecule has 0 fully saturated rings. The Morgan fingerprint density at radius 2 is 1.93 bits per heavy atom. The first kappa shape index (κ1) is 18.8. The SMILES string of the molecule is O=C(CSc1ccc(C(F)(F)F)cn1)NC(=O)Nc1ccc2c(c1)OCO2. The Labute approximate surface area is 155 Å². The number of carbonyl (C=O) groups excluding carboxylic acids is 2. The first-order chi connectivity index (χ1) is 12.8. The highest BCUT2D eigenvalue weighted by atomic mass is 32.2. The number of imide groups is 1. The number of urea groups is 1. The van der Waals surface area contributed by atoms with Crippen LogP contribution in [0.1, 0.15) is 5.56 Å². The molecule has 2 aromatic rings. The van der Waals surface area contributed by atoms with Gasteiger partial charge in [-0.1, -0.05) is 11.8 Å². The summed E-state index contributed by atoms with van der Waals surface area (Å²) < 4.78 is 47.7. The molecular weight excluding hydrogens is 387 g/mol. The lowest BCUT2D eigenvalue weighted by Crippen LogP contribution is -2.35. The maximum Gasteiger partial charge on any atom is 0.417 e. The highest BCUT2D eigenvalue weighted by molar-refractivity contribution is 7.99. The van der Waals surface area contributed by atoms with E-state index in [0.717, 1.165) is 23.9 Å². The monoisotopic (exact) mass is 399 g/mol. The molecule has 142 valence electrons. The van der Waals surface area contributed by atoms with Crippen LogP contribution in [0.5, 0.6) is 11.5 Å². The summed E-state index contributed by atoms with van der Waals surface area (Å²) in [6, 6.07) is 6.03. The number of hydrogen-bond acceptors (Lipinski definition) is 6. The van der Waals surface area contributed by atoms with Crippen LogP contribution in [0.25, 0.3) is 0 Å². The molecule has 3 amide bonds. The number of thioether (sulfide) groups is 1. The molecule has 0 atom stereocenters. The number of pyridine rings is 1. The van der Waals surface area contributed by atoms with E-state index in [1.807, 2.05) is 0 Å². The Balaban J connectivity index is 1.47. The van der Waals surface area contributed by atoms with Crippen LogP contribution in [-0.4, -0.2) is 29.5 Å². The van der Waals surface area contributed by atoms with E-state index in [1.54, 1.807) is 18.2 Å². The van der Waals surface area contributed by atoms with Crippen molar-refractivity contribution in [3.05, 3.63) is 42.1 Å². The van der Waals surface area contributed by atoms with E-state index in [-0.39, 0.29) is 17.6 Å². The molecule has 0 bridgehead atoms. The van der Waals surface area contributed by atoms with E-state index in [9.17, 15) is 22.8 Å². The molecule has 2 N–H and O–H groups in total. The van der Waals surface area contributed by atoms with Crippen molar-refractivity contribution in [1.29, 1.82) is 0 Å². The highest BCUT2D eigenvalue weighted by Gasteiger charge is 2.30. The van der Waals surface area contributed by atoms with Crippen molar-refractivity contribution in [1.82, 2.24) is 10.3 Å². The Bertz CT molecular complexity index is 859. The summed E-state index contributed by atoms with van der Waals surface area (Å²) in [7, 11) is 0. The summed E-state index contributed by atoms with van der Waals surface area (Å²) in [5.41, 5.74) is -0.471. The van der Waals surface area contributed by atoms with Gasteiger partial charge in [0.25, 0.3) is 0 Å². The molecule has 0 saturated carbocycles. The number of aromatic nitrogens is 1. The van der Waals surface area contributed by atoms with Crippen LogP contribution in [0, 0.1) is 0 Å². The number of nitrogens with zero attached hydrogens (tertiary/aromatic N) is 1. The van der Waals surface area contributed by atoms with Crippen molar-refractivity contribution in [3.8, 4) is 11.5 Å². The Morgan fingerprint density at radius 1 is 1.15 bits per heavy atom. The van der Waals surface area contributed by atoms with Gasteiger partial charge in [-0.2, -0.15) is 13.2 Å². The van der Waals surface area contributed by atoms with E-state index in [2.05, 4.69) is 15.6 Å². The molecule has 0 aliphatic carbocycles. The predicted molar refractivity (Wildman–Crippen MR) is 89.7 cm³/mol. The third-order valence-electron chi connectivity index (χ3n) is 3.30. The fourth-order valence-electron chi connectivity index (χ4n) is 2.07. The minimum Gasteiger partial charge on any atom is -0.454 e. The maximum atomic E-state index is 12.5. The molecule has 1 aliphatic heterocycles. The number of ether oxygens (including phenoxy) is 2. The van der Waals surface area contributed by atoms with Crippen LogP contribution >= 0.6 is 11.8 Å². The van der Waals surface area contributed by atoms with Gasteiger partial charge < -0.3 is 14.8 Å². The average molecular weight is 399 g/mol. The van der Waals surface area contributed by atoms with E-state index in [4.69, 9.17) is 9.47 Å². The van der Waals surface area contributed by atoms with Crippen LogP contribution in [0.3, 0.4) is 0 Å². The minimum absolute atomic E-state index is 0.0959. The number of halogens is 3. The first-order valence-corrected chi connectivity index (χ1v) is 8.46. The van der Waals surface area contributed by atoms with Gasteiger partial charge in [-0.25, -0.2) is 9.78 Å². The second-order valence-electron chi connectivity index (χ2n) is 5.24. The van der Waals surface area contributed by atoms with Crippen molar-refractivity contribution in [3.63, 3.8) is 0 Å². The highest BCUT2D eigenvalue weighted by Crippen LogP contribution is 2.34. The molecule has 0 radical (unpaired) electrons. The van der Waals surface area contributed by atoms with E-state index < -0.39 is 23.7 Å². The van der Waals surface area contributed by atoms with Crippen LogP contribution in [0.2, 0.25) is 0 Å². The topological polar surface area (TPSA) is 89.6 Å².